The molecule has 0 unspecified atom stereocenters. The Balaban J connectivity index is 1.69. The summed E-state index contributed by atoms with van der Waals surface area (Å²) in [5, 5.41) is 14.9. The van der Waals surface area contributed by atoms with E-state index in [-0.39, 0.29) is 25.4 Å². The average Bonchev–Trinajstić information content (AvgIpc) is 3.17. The Morgan fingerprint density at radius 1 is 1.03 bits per heavy atom. The van der Waals surface area contributed by atoms with Gasteiger partial charge in [0.1, 0.15) is 18.2 Å². The number of nitrogens with one attached hydrogen (secondary N) is 2. The average molecular weight is 485 g/mol. The second-order valence-corrected chi connectivity index (χ2v) is 9.37. The van der Waals surface area contributed by atoms with E-state index in [0.29, 0.717) is 12.2 Å². The van der Waals surface area contributed by atoms with Crippen LogP contribution in [0.4, 0.5) is 4.79 Å². The van der Waals surface area contributed by atoms with Crippen molar-refractivity contribution >= 4 is 29.7 Å². The van der Waals surface area contributed by atoms with Crippen molar-refractivity contribution in [3.8, 4) is 11.1 Å². The fraction of sp³-hybridized carbons (Fsp3) is 0.423. The highest BCUT2D eigenvalue weighted by molar-refractivity contribution is 7.98. The number of hydrogen-bond donors (Lipinski definition) is 3. The van der Waals surface area contributed by atoms with Crippen molar-refractivity contribution in [2.24, 2.45) is 0 Å². The highest BCUT2D eigenvalue weighted by Gasteiger charge is 2.38. The Hall–Kier alpha value is -3.00. The second kappa shape index (κ2) is 11.4. The van der Waals surface area contributed by atoms with Crippen LogP contribution in [0.2, 0.25) is 0 Å². The van der Waals surface area contributed by atoms with E-state index in [9.17, 15) is 19.5 Å². The molecule has 0 saturated carbocycles. The molecular weight excluding hydrogens is 452 g/mol. The molecular formula is C26H32N2O5S. The van der Waals surface area contributed by atoms with Crippen LogP contribution < -0.4 is 10.6 Å². The Bertz CT molecular complexity index is 992. The Morgan fingerprint density at radius 2 is 1.59 bits per heavy atom. The fourth-order valence-electron chi connectivity index (χ4n) is 4.39. The van der Waals surface area contributed by atoms with Gasteiger partial charge in [-0.3, -0.25) is 4.79 Å². The first-order valence-corrected chi connectivity index (χ1v) is 12.9. The maximum atomic E-state index is 13.0. The van der Waals surface area contributed by atoms with Gasteiger partial charge in [0.15, 0.2) is 0 Å². The third-order valence-electron chi connectivity index (χ3n) is 6.54. The lowest BCUT2D eigenvalue weighted by molar-refractivity contribution is -0.148. The van der Waals surface area contributed by atoms with Gasteiger partial charge in [-0.15, -0.1) is 0 Å². The van der Waals surface area contributed by atoms with Gasteiger partial charge in [0, 0.05) is 5.92 Å². The fourth-order valence-corrected chi connectivity index (χ4v) is 4.86. The van der Waals surface area contributed by atoms with Crippen molar-refractivity contribution in [2.75, 3.05) is 18.6 Å². The molecule has 0 fully saturated rings. The largest absolute Gasteiger partial charge is 0.480 e. The summed E-state index contributed by atoms with van der Waals surface area (Å²) in [6, 6.07) is 15.2. The molecule has 2 aromatic carbocycles. The van der Waals surface area contributed by atoms with Gasteiger partial charge in [0.05, 0.1) is 0 Å². The zero-order chi connectivity index (χ0) is 24.7. The van der Waals surface area contributed by atoms with Crippen molar-refractivity contribution in [1.29, 1.82) is 0 Å². The Kier molecular flexibility index (Phi) is 8.61. The summed E-state index contributed by atoms with van der Waals surface area (Å²) >= 11 is 1.54. The van der Waals surface area contributed by atoms with Gasteiger partial charge in [-0.25, -0.2) is 9.59 Å². The first kappa shape index (κ1) is 25.6. The van der Waals surface area contributed by atoms with Crippen molar-refractivity contribution in [2.45, 2.75) is 50.6 Å². The van der Waals surface area contributed by atoms with Crippen LogP contribution in [-0.2, 0) is 14.3 Å². The van der Waals surface area contributed by atoms with E-state index in [1.807, 2.05) is 42.7 Å². The van der Waals surface area contributed by atoms with Crippen LogP contribution in [0, 0.1) is 0 Å². The number of thioether (sulfide) groups is 1. The molecule has 3 rings (SSSR count). The molecule has 182 valence electrons. The summed E-state index contributed by atoms with van der Waals surface area (Å²) in [5.41, 5.74) is 3.11. The summed E-state index contributed by atoms with van der Waals surface area (Å²) in [6.07, 6.45) is 2.05. The van der Waals surface area contributed by atoms with E-state index >= 15 is 0 Å². The van der Waals surface area contributed by atoms with Gasteiger partial charge in [-0.1, -0.05) is 62.4 Å². The molecule has 0 bridgehead atoms. The summed E-state index contributed by atoms with van der Waals surface area (Å²) in [5.74, 6) is -1.07. The second-order valence-electron chi connectivity index (χ2n) is 8.39. The van der Waals surface area contributed by atoms with Crippen molar-refractivity contribution in [3.05, 3.63) is 59.7 Å². The van der Waals surface area contributed by atoms with E-state index in [0.717, 1.165) is 22.3 Å². The van der Waals surface area contributed by atoms with Gasteiger partial charge in [-0.2, -0.15) is 11.8 Å². The number of benzene rings is 2. The van der Waals surface area contributed by atoms with Crippen LogP contribution in [0.25, 0.3) is 11.1 Å². The van der Waals surface area contributed by atoms with E-state index < -0.39 is 29.6 Å². The SMILES string of the molecule is CCC(CC)(NC(=O)[C@H](CCSC)NC(=O)OCC1c2ccccc2-c2ccccc21)C(=O)O. The molecule has 2 aromatic rings. The highest BCUT2D eigenvalue weighted by atomic mass is 32.2. The van der Waals surface area contributed by atoms with E-state index in [2.05, 4.69) is 22.8 Å². The molecule has 1 aliphatic rings. The summed E-state index contributed by atoms with van der Waals surface area (Å²) < 4.78 is 5.58. The number of carboxylic acids is 1. The molecule has 1 aliphatic carbocycles. The van der Waals surface area contributed by atoms with E-state index in [4.69, 9.17) is 4.74 Å². The van der Waals surface area contributed by atoms with Crippen molar-refractivity contribution in [3.63, 3.8) is 0 Å². The lowest BCUT2D eigenvalue weighted by atomic mass is 9.92. The molecule has 0 heterocycles. The topological polar surface area (TPSA) is 105 Å². The van der Waals surface area contributed by atoms with Crippen molar-refractivity contribution in [1.82, 2.24) is 10.6 Å². The normalized spacial score (nSPS) is 13.5. The molecule has 3 N–H and O–H groups in total. The van der Waals surface area contributed by atoms with E-state index in [1.165, 1.54) is 0 Å². The molecule has 0 saturated heterocycles. The number of alkyl carbamates (subject to hydrolysis) is 1. The number of fused-ring (bicyclic) bond motifs is 3. The van der Waals surface area contributed by atoms with Gasteiger partial charge in [0.2, 0.25) is 5.91 Å². The summed E-state index contributed by atoms with van der Waals surface area (Å²) in [4.78, 5) is 37.5. The molecule has 34 heavy (non-hydrogen) atoms. The van der Waals surface area contributed by atoms with Gasteiger partial charge in [-0.05, 0) is 53.5 Å². The monoisotopic (exact) mass is 484 g/mol. The maximum Gasteiger partial charge on any atom is 0.407 e. The van der Waals surface area contributed by atoms with Gasteiger partial charge >= 0.3 is 12.1 Å². The molecule has 0 spiro atoms. The zero-order valence-corrected chi connectivity index (χ0v) is 20.6. The molecule has 1 atom stereocenters. The van der Waals surface area contributed by atoms with Gasteiger partial charge in [0.25, 0.3) is 0 Å². The first-order chi connectivity index (χ1) is 16.4. The third kappa shape index (κ3) is 5.38. The quantitative estimate of drug-likeness (QED) is 0.437. The zero-order valence-electron chi connectivity index (χ0n) is 19.8. The van der Waals surface area contributed by atoms with Crippen molar-refractivity contribution < 1.29 is 24.2 Å². The number of carbonyl (C=O) groups excluding carboxylic acids is 2. The van der Waals surface area contributed by atoms with Gasteiger partial charge < -0.3 is 20.5 Å². The molecule has 0 radical (unpaired) electrons. The number of carboxylic acid groups (broad SMARTS) is 1. The van der Waals surface area contributed by atoms with E-state index in [1.54, 1.807) is 25.6 Å². The van der Waals surface area contributed by atoms with Crippen LogP contribution >= 0.6 is 11.8 Å². The molecule has 2 amide bonds. The number of carbonyl (C=O) groups is 3. The first-order valence-electron chi connectivity index (χ1n) is 11.5. The smallest absolute Gasteiger partial charge is 0.407 e. The van der Waals surface area contributed by atoms with Crippen LogP contribution in [0.1, 0.15) is 50.2 Å². The number of ether oxygens (including phenoxy) is 1. The van der Waals surface area contributed by atoms with Crippen LogP contribution in [-0.4, -0.2) is 53.3 Å². The van der Waals surface area contributed by atoms with Crippen LogP contribution in [0.3, 0.4) is 0 Å². The summed E-state index contributed by atoms with van der Waals surface area (Å²) in [6.45, 7) is 3.57. The molecule has 0 aromatic heterocycles. The molecule has 8 heteroatoms. The minimum Gasteiger partial charge on any atom is -0.480 e. The number of aliphatic carboxylic acids is 1. The third-order valence-corrected chi connectivity index (χ3v) is 7.19. The lowest BCUT2D eigenvalue weighted by Crippen LogP contribution is -2.59. The Labute approximate surface area is 204 Å². The predicted molar refractivity (Wildman–Crippen MR) is 134 cm³/mol. The minimum atomic E-state index is -1.36. The highest BCUT2D eigenvalue weighted by Crippen LogP contribution is 2.44. The molecule has 0 aliphatic heterocycles. The minimum absolute atomic E-state index is 0.0866. The lowest BCUT2D eigenvalue weighted by Gasteiger charge is -2.30. The number of amides is 2. The Morgan fingerprint density at radius 3 is 2.09 bits per heavy atom. The summed E-state index contributed by atoms with van der Waals surface area (Å²) in [7, 11) is 0. The van der Waals surface area contributed by atoms with Crippen LogP contribution in [0.15, 0.2) is 48.5 Å². The molecule has 7 nitrogen and oxygen atoms in total. The maximum absolute atomic E-state index is 13.0. The standard InChI is InChI=1S/C26H32N2O5S/c1-4-26(5-2,24(30)31)28-23(29)22(14-15-34-3)27-25(32)33-16-21-19-12-8-6-10-17(19)18-11-7-9-13-20(18)21/h6-13,21-22H,4-5,14-16H2,1-3H3,(H,27,32)(H,28,29)(H,30,31)/t22-/m0/s1. The van der Waals surface area contributed by atoms with Crippen LogP contribution in [0.5, 0.6) is 0 Å². The number of hydrogen-bond acceptors (Lipinski definition) is 5. The number of rotatable bonds is 11. The predicted octanol–water partition coefficient (Wildman–Crippen LogP) is 4.41.